The highest BCUT2D eigenvalue weighted by atomic mass is 16.5. The lowest BCUT2D eigenvalue weighted by atomic mass is 10.0. The molecule has 0 aliphatic carbocycles. The van der Waals surface area contributed by atoms with E-state index in [0.29, 0.717) is 12.1 Å². The van der Waals surface area contributed by atoms with Gasteiger partial charge in [0, 0.05) is 38.8 Å². The van der Waals surface area contributed by atoms with Gasteiger partial charge in [-0.1, -0.05) is 0 Å². The highest BCUT2D eigenvalue weighted by Gasteiger charge is 2.24. The Labute approximate surface area is 120 Å². The molecule has 2 fully saturated rings. The van der Waals surface area contributed by atoms with Crippen molar-refractivity contribution >= 4 is 0 Å². The SMILES string of the molecule is Cc1ncc(CN2CCCC(NC3CCOCC3)C2)o1. The molecule has 1 aromatic rings. The third kappa shape index (κ3) is 3.81. The van der Waals surface area contributed by atoms with Crippen LogP contribution in [0.25, 0.3) is 0 Å². The van der Waals surface area contributed by atoms with Gasteiger partial charge in [-0.15, -0.1) is 0 Å². The van der Waals surface area contributed by atoms with Gasteiger partial charge in [0.15, 0.2) is 5.89 Å². The molecule has 0 radical (unpaired) electrons. The monoisotopic (exact) mass is 279 g/mol. The molecule has 1 N–H and O–H groups in total. The molecule has 2 aliphatic rings. The van der Waals surface area contributed by atoms with Crippen molar-refractivity contribution in [2.24, 2.45) is 0 Å². The number of aryl methyl sites for hydroxylation is 1. The zero-order valence-corrected chi connectivity index (χ0v) is 12.3. The third-order valence-electron chi connectivity index (χ3n) is 4.25. The molecule has 20 heavy (non-hydrogen) atoms. The summed E-state index contributed by atoms with van der Waals surface area (Å²) in [6.45, 7) is 6.86. The average Bonchev–Trinajstić information content (AvgIpc) is 2.86. The van der Waals surface area contributed by atoms with E-state index in [1.165, 1.54) is 12.8 Å². The van der Waals surface area contributed by atoms with Crippen LogP contribution in [0.3, 0.4) is 0 Å². The maximum Gasteiger partial charge on any atom is 0.191 e. The first kappa shape index (κ1) is 14.0. The van der Waals surface area contributed by atoms with Crippen molar-refractivity contribution in [2.75, 3.05) is 26.3 Å². The number of hydrogen-bond acceptors (Lipinski definition) is 5. The molecule has 112 valence electrons. The molecule has 3 rings (SSSR count). The lowest BCUT2D eigenvalue weighted by molar-refractivity contribution is 0.0686. The fraction of sp³-hybridized carbons (Fsp3) is 0.800. The molecular formula is C15H25N3O2. The molecule has 0 saturated carbocycles. The number of aromatic nitrogens is 1. The molecule has 0 bridgehead atoms. The summed E-state index contributed by atoms with van der Waals surface area (Å²) in [7, 11) is 0. The summed E-state index contributed by atoms with van der Waals surface area (Å²) in [5.41, 5.74) is 0. The van der Waals surface area contributed by atoms with E-state index in [-0.39, 0.29) is 0 Å². The topological polar surface area (TPSA) is 50.5 Å². The van der Waals surface area contributed by atoms with Crippen LogP contribution < -0.4 is 5.32 Å². The first-order valence-corrected chi connectivity index (χ1v) is 7.77. The molecule has 1 unspecified atom stereocenters. The fourth-order valence-corrected chi connectivity index (χ4v) is 3.23. The summed E-state index contributed by atoms with van der Waals surface area (Å²) in [6.07, 6.45) is 6.69. The fourth-order valence-electron chi connectivity index (χ4n) is 3.23. The summed E-state index contributed by atoms with van der Waals surface area (Å²) in [5, 5.41) is 3.81. The predicted octanol–water partition coefficient (Wildman–Crippen LogP) is 1.72. The number of ether oxygens (including phenoxy) is 1. The van der Waals surface area contributed by atoms with Gasteiger partial charge in [0.1, 0.15) is 5.76 Å². The van der Waals surface area contributed by atoms with E-state index < -0.39 is 0 Å². The van der Waals surface area contributed by atoms with E-state index in [9.17, 15) is 0 Å². The third-order valence-corrected chi connectivity index (χ3v) is 4.25. The Morgan fingerprint density at radius 3 is 2.90 bits per heavy atom. The highest BCUT2D eigenvalue weighted by Crippen LogP contribution is 2.16. The van der Waals surface area contributed by atoms with Crippen LogP contribution in [-0.2, 0) is 11.3 Å². The second-order valence-corrected chi connectivity index (χ2v) is 5.97. The van der Waals surface area contributed by atoms with Crippen molar-refractivity contribution < 1.29 is 9.15 Å². The quantitative estimate of drug-likeness (QED) is 0.909. The maximum atomic E-state index is 5.58. The second kappa shape index (κ2) is 6.70. The molecular weight excluding hydrogens is 254 g/mol. The molecule has 2 aliphatic heterocycles. The van der Waals surface area contributed by atoms with Gasteiger partial charge in [0.05, 0.1) is 12.7 Å². The second-order valence-electron chi connectivity index (χ2n) is 5.97. The Morgan fingerprint density at radius 2 is 2.15 bits per heavy atom. The van der Waals surface area contributed by atoms with E-state index in [0.717, 1.165) is 57.3 Å². The van der Waals surface area contributed by atoms with Crippen molar-refractivity contribution in [3.8, 4) is 0 Å². The van der Waals surface area contributed by atoms with Crippen LogP contribution in [-0.4, -0.2) is 48.3 Å². The smallest absolute Gasteiger partial charge is 0.191 e. The lowest BCUT2D eigenvalue weighted by Crippen LogP contribution is -2.50. The summed E-state index contributed by atoms with van der Waals surface area (Å²) >= 11 is 0. The van der Waals surface area contributed by atoms with Crippen molar-refractivity contribution in [1.82, 2.24) is 15.2 Å². The van der Waals surface area contributed by atoms with E-state index in [1.807, 2.05) is 13.1 Å². The van der Waals surface area contributed by atoms with E-state index in [1.54, 1.807) is 0 Å². The Balaban J connectivity index is 1.48. The molecule has 1 aromatic heterocycles. The number of likely N-dealkylation sites (tertiary alicyclic amines) is 1. The van der Waals surface area contributed by atoms with Gasteiger partial charge in [0.2, 0.25) is 0 Å². The molecule has 2 saturated heterocycles. The maximum absolute atomic E-state index is 5.58. The first-order valence-electron chi connectivity index (χ1n) is 7.77. The lowest BCUT2D eigenvalue weighted by Gasteiger charge is -2.36. The summed E-state index contributed by atoms with van der Waals surface area (Å²) in [5.74, 6) is 1.74. The average molecular weight is 279 g/mol. The largest absolute Gasteiger partial charge is 0.445 e. The van der Waals surface area contributed by atoms with Gasteiger partial charge >= 0.3 is 0 Å². The molecule has 1 atom stereocenters. The molecule has 5 nitrogen and oxygen atoms in total. The zero-order valence-electron chi connectivity index (χ0n) is 12.3. The number of nitrogens with one attached hydrogen (secondary N) is 1. The van der Waals surface area contributed by atoms with Crippen molar-refractivity contribution in [2.45, 2.75) is 51.2 Å². The van der Waals surface area contributed by atoms with Crippen LogP contribution >= 0.6 is 0 Å². The minimum atomic E-state index is 0.607. The van der Waals surface area contributed by atoms with Crippen LogP contribution in [0.5, 0.6) is 0 Å². The number of piperidine rings is 1. The molecule has 0 aromatic carbocycles. The first-order chi connectivity index (χ1) is 9.79. The Morgan fingerprint density at radius 1 is 1.30 bits per heavy atom. The normalized spacial score (nSPS) is 25.9. The van der Waals surface area contributed by atoms with Gasteiger partial charge in [-0.2, -0.15) is 0 Å². The summed E-state index contributed by atoms with van der Waals surface area (Å²) in [4.78, 5) is 6.64. The van der Waals surface area contributed by atoms with Gasteiger partial charge in [0.25, 0.3) is 0 Å². The van der Waals surface area contributed by atoms with Crippen molar-refractivity contribution in [1.29, 1.82) is 0 Å². The van der Waals surface area contributed by atoms with Crippen molar-refractivity contribution in [3.05, 3.63) is 17.8 Å². The van der Waals surface area contributed by atoms with Crippen LogP contribution in [0.15, 0.2) is 10.6 Å². The van der Waals surface area contributed by atoms with E-state index in [2.05, 4.69) is 15.2 Å². The molecule has 0 spiro atoms. The van der Waals surface area contributed by atoms with Gasteiger partial charge < -0.3 is 14.5 Å². The predicted molar refractivity (Wildman–Crippen MR) is 76.5 cm³/mol. The number of hydrogen-bond donors (Lipinski definition) is 1. The van der Waals surface area contributed by atoms with Gasteiger partial charge in [-0.25, -0.2) is 4.98 Å². The summed E-state index contributed by atoms with van der Waals surface area (Å²) in [6, 6.07) is 1.25. The van der Waals surface area contributed by atoms with Crippen LogP contribution in [0, 0.1) is 6.92 Å². The number of oxazole rings is 1. The van der Waals surface area contributed by atoms with Crippen molar-refractivity contribution in [3.63, 3.8) is 0 Å². The van der Waals surface area contributed by atoms with Crippen LogP contribution in [0.4, 0.5) is 0 Å². The number of rotatable bonds is 4. The zero-order chi connectivity index (χ0) is 13.8. The minimum Gasteiger partial charge on any atom is -0.445 e. The minimum absolute atomic E-state index is 0.607. The number of nitrogens with zero attached hydrogens (tertiary/aromatic N) is 2. The Bertz CT molecular complexity index is 415. The molecule has 0 amide bonds. The van der Waals surface area contributed by atoms with Gasteiger partial charge in [-0.05, 0) is 32.2 Å². The highest BCUT2D eigenvalue weighted by molar-refractivity contribution is 4.94. The van der Waals surface area contributed by atoms with E-state index in [4.69, 9.17) is 9.15 Å². The van der Waals surface area contributed by atoms with E-state index >= 15 is 0 Å². The van der Waals surface area contributed by atoms with Gasteiger partial charge in [-0.3, -0.25) is 4.90 Å². The Kier molecular flexibility index (Phi) is 4.70. The summed E-state index contributed by atoms with van der Waals surface area (Å²) < 4.78 is 11.0. The molecule has 3 heterocycles. The standard InChI is InChI=1S/C15H25N3O2/c1-12-16-9-15(20-12)11-18-6-2-3-14(10-18)17-13-4-7-19-8-5-13/h9,13-14,17H,2-8,10-11H2,1H3. The Hall–Kier alpha value is -0.910. The van der Waals surface area contributed by atoms with Crippen LogP contribution in [0.1, 0.15) is 37.3 Å². The molecule has 5 heteroatoms. The van der Waals surface area contributed by atoms with Crippen LogP contribution in [0.2, 0.25) is 0 Å².